The van der Waals surface area contributed by atoms with Gasteiger partial charge >= 0.3 is 0 Å². The van der Waals surface area contributed by atoms with Crippen molar-refractivity contribution in [3.05, 3.63) is 83.9 Å². The van der Waals surface area contributed by atoms with E-state index >= 15 is 0 Å². The van der Waals surface area contributed by atoms with Crippen molar-refractivity contribution in [2.75, 3.05) is 18.9 Å². The first kappa shape index (κ1) is 17.6. The van der Waals surface area contributed by atoms with Crippen molar-refractivity contribution < 1.29 is 4.79 Å². The highest BCUT2D eigenvalue weighted by Gasteiger charge is 2.13. The molecule has 5 nitrogen and oxygen atoms in total. The molecule has 0 radical (unpaired) electrons. The zero-order valence-electron chi connectivity index (χ0n) is 15.0. The second-order valence-electron chi connectivity index (χ2n) is 6.29. The molecule has 1 amide bonds. The van der Waals surface area contributed by atoms with E-state index in [1.807, 2.05) is 50.4 Å². The van der Waals surface area contributed by atoms with E-state index in [9.17, 15) is 4.79 Å². The predicted octanol–water partition coefficient (Wildman–Crippen LogP) is 3.84. The largest absolute Gasteiger partial charge is 0.354 e. The Morgan fingerprint density at radius 2 is 1.85 bits per heavy atom. The second-order valence-corrected chi connectivity index (χ2v) is 6.29. The van der Waals surface area contributed by atoms with Crippen molar-refractivity contribution in [2.24, 2.45) is 0 Å². The number of likely N-dealkylation sites (N-methyl/N-ethyl adjacent to an activating group) is 1. The molecule has 0 aliphatic heterocycles. The van der Waals surface area contributed by atoms with Crippen molar-refractivity contribution in [3.63, 3.8) is 0 Å². The van der Waals surface area contributed by atoms with Gasteiger partial charge in [0.15, 0.2) is 0 Å². The van der Waals surface area contributed by atoms with Crippen LogP contribution in [0.3, 0.4) is 0 Å². The van der Waals surface area contributed by atoms with E-state index in [1.54, 1.807) is 29.7 Å². The Bertz CT molecular complexity index is 880. The molecule has 1 N–H and O–H groups in total. The van der Waals surface area contributed by atoms with Crippen molar-refractivity contribution >= 4 is 17.3 Å². The van der Waals surface area contributed by atoms with Gasteiger partial charge in [-0.3, -0.25) is 14.8 Å². The summed E-state index contributed by atoms with van der Waals surface area (Å²) < 4.78 is 0. The number of anilines is 2. The van der Waals surface area contributed by atoms with Crippen LogP contribution in [0.5, 0.6) is 0 Å². The minimum Gasteiger partial charge on any atom is -0.354 e. The molecule has 132 valence electrons. The SMILES string of the molecule is Cc1cccc(Nc2cncc(C(=O)N(C)CCc3ccncc3)c2)c1. The molecule has 0 unspecified atom stereocenters. The molecular weight excluding hydrogens is 324 g/mol. The zero-order chi connectivity index (χ0) is 18.4. The van der Waals surface area contributed by atoms with Crippen LogP contribution in [0.25, 0.3) is 0 Å². The van der Waals surface area contributed by atoms with E-state index in [0.29, 0.717) is 12.1 Å². The molecule has 0 saturated carbocycles. The van der Waals surface area contributed by atoms with Gasteiger partial charge in [-0.1, -0.05) is 12.1 Å². The van der Waals surface area contributed by atoms with E-state index in [1.165, 1.54) is 5.56 Å². The summed E-state index contributed by atoms with van der Waals surface area (Å²) in [6.07, 6.45) is 7.64. The van der Waals surface area contributed by atoms with Gasteiger partial charge in [-0.15, -0.1) is 0 Å². The van der Waals surface area contributed by atoms with Crippen molar-refractivity contribution in [3.8, 4) is 0 Å². The molecule has 0 fully saturated rings. The lowest BCUT2D eigenvalue weighted by Crippen LogP contribution is -2.29. The van der Waals surface area contributed by atoms with Crippen LogP contribution >= 0.6 is 0 Å². The average molecular weight is 346 g/mol. The molecule has 0 spiro atoms. The van der Waals surface area contributed by atoms with Gasteiger partial charge in [0.05, 0.1) is 17.4 Å². The Morgan fingerprint density at radius 3 is 2.62 bits per heavy atom. The number of hydrogen-bond acceptors (Lipinski definition) is 4. The Labute approximate surface area is 153 Å². The van der Waals surface area contributed by atoms with Crippen LogP contribution < -0.4 is 5.32 Å². The van der Waals surface area contributed by atoms with Crippen molar-refractivity contribution in [2.45, 2.75) is 13.3 Å². The Morgan fingerprint density at radius 1 is 1.04 bits per heavy atom. The molecule has 0 saturated heterocycles. The number of aryl methyl sites for hydroxylation is 1. The van der Waals surface area contributed by atoms with Crippen LogP contribution in [-0.4, -0.2) is 34.4 Å². The molecule has 0 atom stereocenters. The smallest absolute Gasteiger partial charge is 0.255 e. The highest BCUT2D eigenvalue weighted by atomic mass is 16.2. The summed E-state index contributed by atoms with van der Waals surface area (Å²) in [6.45, 7) is 2.68. The maximum Gasteiger partial charge on any atom is 0.255 e. The van der Waals surface area contributed by atoms with Gasteiger partial charge in [0, 0.05) is 37.9 Å². The van der Waals surface area contributed by atoms with Gasteiger partial charge in [-0.05, 0) is 54.8 Å². The molecule has 0 bridgehead atoms. The van der Waals surface area contributed by atoms with E-state index in [-0.39, 0.29) is 5.91 Å². The molecular formula is C21H22N4O. The van der Waals surface area contributed by atoms with E-state index in [0.717, 1.165) is 23.4 Å². The topological polar surface area (TPSA) is 58.1 Å². The average Bonchev–Trinajstić information content (AvgIpc) is 2.66. The summed E-state index contributed by atoms with van der Waals surface area (Å²) >= 11 is 0. The summed E-state index contributed by atoms with van der Waals surface area (Å²) in [4.78, 5) is 22.6. The number of pyridine rings is 2. The van der Waals surface area contributed by atoms with Gasteiger partial charge < -0.3 is 10.2 Å². The van der Waals surface area contributed by atoms with Crippen LogP contribution in [0.2, 0.25) is 0 Å². The van der Waals surface area contributed by atoms with Crippen molar-refractivity contribution in [1.29, 1.82) is 0 Å². The summed E-state index contributed by atoms with van der Waals surface area (Å²) in [7, 11) is 1.81. The number of amides is 1. The minimum absolute atomic E-state index is 0.0422. The number of benzene rings is 1. The fraction of sp³-hybridized carbons (Fsp3) is 0.190. The third-order valence-electron chi connectivity index (χ3n) is 4.12. The molecule has 0 aliphatic carbocycles. The predicted molar refractivity (Wildman–Crippen MR) is 104 cm³/mol. The number of carbonyl (C=O) groups is 1. The number of rotatable bonds is 6. The van der Waals surface area contributed by atoms with Crippen molar-refractivity contribution in [1.82, 2.24) is 14.9 Å². The fourth-order valence-corrected chi connectivity index (χ4v) is 2.68. The van der Waals surface area contributed by atoms with E-state index in [2.05, 4.69) is 21.4 Å². The third kappa shape index (κ3) is 4.66. The summed E-state index contributed by atoms with van der Waals surface area (Å²) in [5, 5.41) is 3.30. The van der Waals surface area contributed by atoms with Crippen LogP contribution in [0, 0.1) is 6.92 Å². The van der Waals surface area contributed by atoms with Gasteiger partial charge in [-0.2, -0.15) is 0 Å². The summed E-state index contributed by atoms with van der Waals surface area (Å²) in [5.41, 5.74) is 4.67. The van der Waals surface area contributed by atoms with Crippen LogP contribution in [0.15, 0.2) is 67.3 Å². The van der Waals surface area contributed by atoms with Crippen LogP contribution in [0.1, 0.15) is 21.5 Å². The molecule has 26 heavy (non-hydrogen) atoms. The first-order valence-corrected chi connectivity index (χ1v) is 8.55. The molecule has 0 aliphatic rings. The van der Waals surface area contributed by atoms with Crippen LogP contribution in [-0.2, 0) is 6.42 Å². The number of nitrogens with one attached hydrogen (secondary N) is 1. The number of aromatic nitrogens is 2. The maximum atomic E-state index is 12.7. The lowest BCUT2D eigenvalue weighted by atomic mass is 10.1. The maximum absolute atomic E-state index is 12.7. The molecule has 2 aromatic heterocycles. The quantitative estimate of drug-likeness (QED) is 0.737. The monoisotopic (exact) mass is 346 g/mol. The van der Waals surface area contributed by atoms with Gasteiger partial charge in [0.1, 0.15) is 0 Å². The fourth-order valence-electron chi connectivity index (χ4n) is 2.68. The lowest BCUT2D eigenvalue weighted by molar-refractivity contribution is 0.0796. The molecule has 2 heterocycles. The molecule has 1 aromatic carbocycles. The normalized spacial score (nSPS) is 10.4. The Balaban J connectivity index is 1.65. The Kier molecular flexibility index (Phi) is 5.59. The third-order valence-corrected chi connectivity index (χ3v) is 4.12. The van der Waals surface area contributed by atoms with E-state index in [4.69, 9.17) is 0 Å². The number of carbonyl (C=O) groups excluding carboxylic acids is 1. The second kappa shape index (κ2) is 8.25. The minimum atomic E-state index is -0.0422. The molecule has 3 aromatic rings. The number of nitrogens with zero attached hydrogens (tertiary/aromatic N) is 3. The first-order chi connectivity index (χ1) is 12.6. The summed E-state index contributed by atoms with van der Waals surface area (Å²) in [6, 6.07) is 13.8. The Hall–Kier alpha value is -3.21. The first-order valence-electron chi connectivity index (χ1n) is 8.55. The molecule has 5 heteroatoms. The van der Waals surface area contributed by atoms with E-state index < -0.39 is 0 Å². The lowest BCUT2D eigenvalue weighted by Gasteiger charge is -2.17. The number of hydrogen-bond donors (Lipinski definition) is 1. The van der Waals surface area contributed by atoms with Crippen LogP contribution in [0.4, 0.5) is 11.4 Å². The summed E-state index contributed by atoms with van der Waals surface area (Å²) in [5.74, 6) is -0.0422. The standard InChI is InChI=1S/C21H22N4O/c1-16-4-3-5-19(12-16)24-20-13-18(14-23-15-20)21(26)25(2)11-8-17-6-9-22-10-7-17/h3-7,9-10,12-15,24H,8,11H2,1-2H3. The zero-order valence-corrected chi connectivity index (χ0v) is 15.0. The highest BCUT2D eigenvalue weighted by Crippen LogP contribution is 2.18. The van der Waals surface area contributed by atoms with Gasteiger partial charge in [0.25, 0.3) is 5.91 Å². The molecule has 3 rings (SSSR count). The van der Waals surface area contributed by atoms with Gasteiger partial charge in [0.2, 0.25) is 0 Å². The van der Waals surface area contributed by atoms with Gasteiger partial charge in [-0.25, -0.2) is 0 Å². The highest BCUT2D eigenvalue weighted by molar-refractivity contribution is 5.94.